The van der Waals surface area contributed by atoms with Gasteiger partial charge in [-0.05, 0) is 31.3 Å². The molecule has 1 aromatic rings. The summed E-state index contributed by atoms with van der Waals surface area (Å²) in [6.07, 6.45) is 5.62. The zero-order chi connectivity index (χ0) is 15.9. The quantitative estimate of drug-likeness (QED) is 0.840. The van der Waals surface area contributed by atoms with E-state index in [-0.39, 0.29) is 17.7 Å². The van der Waals surface area contributed by atoms with Crippen LogP contribution in [0.4, 0.5) is 0 Å². The molecule has 0 bridgehead atoms. The highest BCUT2D eigenvalue weighted by molar-refractivity contribution is 7.98. The summed E-state index contributed by atoms with van der Waals surface area (Å²) in [5.41, 5.74) is 0. The van der Waals surface area contributed by atoms with Gasteiger partial charge >= 0.3 is 0 Å². The van der Waals surface area contributed by atoms with Gasteiger partial charge in [0.05, 0.1) is 0 Å². The molecule has 22 heavy (non-hydrogen) atoms. The first-order valence-corrected chi connectivity index (χ1v) is 8.82. The fraction of sp³-hybridized carbons (Fsp3) is 0.714. The van der Waals surface area contributed by atoms with Crippen molar-refractivity contribution in [2.75, 3.05) is 25.1 Å². The SMILES string of the molecule is CSCC[C@H](NC(C)=O)C(=O)N1CCC(c2ncon2)CC1. The van der Waals surface area contributed by atoms with Crippen LogP contribution in [-0.4, -0.2) is 58.0 Å². The Morgan fingerprint density at radius 3 is 2.77 bits per heavy atom. The average Bonchev–Trinajstić information content (AvgIpc) is 3.05. The number of amides is 2. The van der Waals surface area contributed by atoms with Gasteiger partial charge in [-0.15, -0.1) is 0 Å². The van der Waals surface area contributed by atoms with Crippen LogP contribution in [-0.2, 0) is 9.59 Å². The fourth-order valence-corrected chi connectivity index (χ4v) is 3.15. The number of carbonyl (C=O) groups excluding carboxylic acids is 2. The van der Waals surface area contributed by atoms with Gasteiger partial charge in [-0.25, -0.2) is 0 Å². The van der Waals surface area contributed by atoms with E-state index in [1.165, 1.54) is 13.3 Å². The number of likely N-dealkylation sites (tertiary alicyclic amines) is 1. The zero-order valence-electron chi connectivity index (χ0n) is 12.9. The summed E-state index contributed by atoms with van der Waals surface area (Å²) in [4.78, 5) is 29.8. The maximum absolute atomic E-state index is 12.6. The minimum Gasteiger partial charge on any atom is -0.345 e. The predicted octanol–water partition coefficient (Wildman–Crippen LogP) is 1.03. The van der Waals surface area contributed by atoms with E-state index in [0.717, 1.165) is 18.6 Å². The molecule has 1 aromatic heterocycles. The lowest BCUT2D eigenvalue weighted by Gasteiger charge is -2.33. The average molecular weight is 326 g/mol. The second-order valence-electron chi connectivity index (χ2n) is 5.42. The standard InChI is InChI=1S/C14H22N4O3S/c1-10(19)16-12(5-8-22-2)14(20)18-6-3-11(4-7-18)13-15-9-21-17-13/h9,11-12H,3-8H2,1-2H3,(H,16,19)/t12-/m0/s1. The van der Waals surface area contributed by atoms with Crippen molar-refractivity contribution in [3.05, 3.63) is 12.2 Å². The summed E-state index contributed by atoms with van der Waals surface area (Å²) in [6.45, 7) is 2.77. The zero-order valence-corrected chi connectivity index (χ0v) is 13.8. The van der Waals surface area contributed by atoms with Gasteiger partial charge in [0, 0.05) is 25.9 Å². The first-order valence-electron chi connectivity index (χ1n) is 7.43. The monoisotopic (exact) mass is 326 g/mol. The van der Waals surface area contributed by atoms with Gasteiger partial charge in [0.25, 0.3) is 0 Å². The number of thioether (sulfide) groups is 1. The van der Waals surface area contributed by atoms with Crippen LogP contribution in [0.2, 0.25) is 0 Å². The summed E-state index contributed by atoms with van der Waals surface area (Å²) in [7, 11) is 0. The lowest BCUT2D eigenvalue weighted by molar-refractivity contribution is -0.137. The molecule has 2 heterocycles. The number of hydrogen-bond acceptors (Lipinski definition) is 6. The Balaban J connectivity index is 1.90. The molecule has 1 aliphatic rings. The minimum atomic E-state index is -0.424. The molecule has 0 aliphatic carbocycles. The van der Waals surface area contributed by atoms with Gasteiger partial charge < -0.3 is 14.7 Å². The van der Waals surface area contributed by atoms with Gasteiger partial charge in [-0.1, -0.05) is 5.16 Å². The Kier molecular flexibility index (Phi) is 6.23. The molecule has 7 nitrogen and oxygen atoms in total. The van der Waals surface area contributed by atoms with Crippen LogP contribution in [0.5, 0.6) is 0 Å². The fourth-order valence-electron chi connectivity index (χ4n) is 2.68. The predicted molar refractivity (Wildman–Crippen MR) is 83.5 cm³/mol. The molecule has 0 radical (unpaired) electrons. The van der Waals surface area contributed by atoms with Crippen molar-refractivity contribution in [1.82, 2.24) is 20.4 Å². The van der Waals surface area contributed by atoms with Crippen molar-refractivity contribution in [3.8, 4) is 0 Å². The molecule has 1 fully saturated rings. The molecule has 1 saturated heterocycles. The van der Waals surface area contributed by atoms with E-state index in [2.05, 4.69) is 15.5 Å². The summed E-state index contributed by atoms with van der Waals surface area (Å²) in [5, 5.41) is 6.64. The number of aromatic nitrogens is 2. The van der Waals surface area contributed by atoms with E-state index < -0.39 is 6.04 Å². The van der Waals surface area contributed by atoms with Crippen molar-refractivity contribution in [2.24, 2.45) is 0 Å². The molecule has 1 aliphatic heterocycles. The molecule has 1 atom stereocenters. The highest BCUT2D eigenvalue weighted by Crippen LogP contribution is 2.25. The summed E-state index contributed by atoms with van der Waals surface area (Å²) < 4.78 is 4.78. The second kappa shape index (κ2) is 8.17. The van der Waals surface area contributed by atoms with Crippen molar-refractivity contribution < 1.29 is 14.1 Å². The third-order valence-electron chi connectivity index (χ3n) is 3.84. The Bertz CT molecular complexity index is 486. The van der Waals surface area contributed by atoms with Crippen LogP contribution in [0.1, 0.15) is 37.9 Å². The number of hydrogen-bond donors (Lipinski definition) is 1. The molecular weight excluding hydrogens is 304 g/mol. The third-order valence-corrected chi connectivity index (χ3v) is 4.48. The number of rotatable bonds is 6. The Morgan fingerprint density at radius 1 is 1.50 bits per heavy atom. The van der Waals surface area contributed by atoms with Gasteiger partial charge in [0.1, 0.15) is 6.04 Å². The normalized spacial score (nSPS) is 17.3. The first kappa shape index (κ1) is 16.8. The van der Waals surface area contributed by atoms with Gasteiger partial charge in [0.15, 0.2) is 5.82 Å². The van der Waals surface area contributed by atoms with Gasteiger partial charge in [0.2, 0.25) is 18.2 Å². The molecule has 1 N–H and O–H groups in total. The molecular formula is C14H22N4O3S. The smallest absolute Gasteiger partial charge is 0.245 e. The Labute approximate surface area is 134 Å². The number of piperidine rings is 1. The van der Waals surface area contributed by atoms with E-state index in [4.69, 9.17) is 4.52 Å². The van der Waals surface area contributed by atoms with Crippen LogP contribution >= 0.6 is 11.8 Å². The van der Waals surface area contributed by atoms with Crippen LogP contribution in [0.3, 0.4) is 0 Å². The van der Waals surface area contributed by atoms with Gasteiger partial charge in [-0.2, -0.15) is 16.7 Å². The van der Waals surface area contributed by atoms with E-state index in [0.29, 0.717) is 25.3 Å². The van der Waals surface area contributed by atoms with Crippen molar-refractivity contribution >= 4 is 23.6 Å². The number of carbonyl (C=O) groups is 2. The topological polar surface area (TPSA) is 88.3 Å². The molecule has 0 unspecified atom stereocenters. The van der Waals surface area contributed by atoms with Crippen molar-refractivity contribution in [1.29, 1.82) is 0 Å². The Morgan fingerprint density at radius 2 is 2.23 bits per heavy atom. The van der Waals surface area contributed by atoms with Gasteiger partial charge in [-0.3, -0.25) is 9.59 Å². The van der Waals surface area contributed by atoms with Crippen LogP contribution in [0, 0.1) is 0 Å². The van der Waals surface area contributed by atoms with Crippen LogP contribution < -0.4 is 5.32 Å². The molecule has 0 spiro atoms. The van der Waals surface area contributed by atoms with E-state index in [1.54, 1.807) is 11.8 Å². The number of nitrogens with zero attached hydrogens (tertiary/aromatic N) is 3. The molecule has 0 saturated carbocycles. The van der Waals surface area contributed by atoms with Crippen molar-refractivity contribution in [2.45, 2.75) is 38.1 Å². The first-order chi connectivity index (χ1) is 10.6. The molecule has 122 valence electrons. The Hall–Kier alpha value is -1.57. The second-order valence-corrected chi connectivity index (χ2v) is 6.41. The summed E-state index contributed by atoms with van der Waals surface area (Å²) in [6, 6.07) is -0.424. The molecule has 2 amide bonds. The maximum atomic E-state index is 12.6. The van der Waals surface area contributed by atoms with Crippen LogP contribution in [0.25, 0.3) is 0 Å². The number of nitrogens with one attached hydrogen (secondary N) is 1. The van der Waals surface area contributed by atoms with E-state index in [1.807, 2.05) is 11.2 Å². The lowest BCUT2D eigenvalue weighted by Crippen LogP contribution is -2.50. The van der Waals surface area contributed by atoms with E-state index in [9.17, 15) is 9.59 Å². The highest BCUT2D eigenvalue weighted by atomic mass is 32.2. The molecule has 0 aromatic carbocycles. The van der Waals surface area contributed by atoms with Crippen LogP contribution in [0.15, 0.2) is 10.9 Å². The molecule has 8 heteroatoms. The minimum absolute atomic E-state index is 0.0100. The lowest BCUT2D eigenvalue weighted by atomic mass is 9.95. The largest absolute Gasteiger partial charge is 0.345 e. The third kappa shape index (κ3) is 4.46. The molecule has 2 rings (SSSR count). The summed E-state index contributed by atoms with van der Waals surface area (Å²) in [5.74, 6) is 1.65. The highest BCUT2D eigenvalue weighted by Gasteiger charge is 2.30. The summed E-state index contributed by atoms with van der Waals surface area (Å²) >= 11 is 1.67. The maximum Gasteiger partial charge on any atom is 0.245 e. The van der Waals surface area contributed by atoms with E-state index >= 15 is 0 Å². The van der Waals surface area contributed by atoms with Crippen molar-refractivity contribution in [3.63, 3.8) is 0 Å².